The largest absolute Gasteiger partial charge is 0.493 e. The number of nitrogens with zero attached hydrogens (tertiary/aromatic N) is 2. The van der Waals surface area contributed by atoms with E-state index in [0.29, 0.717) is 6.61 Å². The molecule has 0 unspecified atom stereocenters. The van der Waals surface area contributed by atoms with Crippen molar-refractivity contribution in [2.75, 3.05) is 6.61 Å². The second-order valence-electron chi connectivity index (χ2n) is 4.61. The minimum Gasteiger partial charge on any atom is -0.493 e. The highest BCUT2D eigenvalue weighted by Crippen LogP contribution is 2.19. The minimum absolute atomic E-state index is 0.385. The van der Waals surface area contributed by atoms with Crippen molar-refractivity contribution in [3.63, 3.8) is 0 Å². The van der Waals surface area contributed by atoms with Crippen LogP contribution < -0.4 is 4.74 Å². The molecule has 19 heavy (non-hydrogen) atoms. The zero-order valence-electron chi connectivity index (χ0n) is 11.4. The summed E-state index contributed by atoms with van der Waals surface area (Å²) < 4.78 is 7.46. The Hall–Kier alpha value is -1.81. The van der Waals surface area contributed by atoms with Crippen molar-refractivity contribution in [1.82, 2.24) is 9.78 Å². The molecule has 0 saturated heterocycles. The van der Waals surface area contributed by atoms with Gasteiger partial charge >= 0.3 is 0 Å². The molecule has 0 spiro atoms. The highest BCUT2D eigenvalue weighted by atomic mass is 16.5. The fourth-order valence-electron chi connectivity index (χ4n) is 1.91. The average Bonchev–Trinajstić information content (AvgIpc) is 2.84. The molecule has 1 heterocycles. The minimum atomic E-state index is -0.385. The molecule has 0 aliphatic rings. The van der Waals surface area contributed by atoms with Crippen molar-refractivity contribution < 1.29 is 9.84 Å². The van der Waals surface area contributed by atoms with E-state index in [4.69, 9.17) is 4.74 Å². The van der Waals surface area contributed by atoms with Crippen LogP contribution in [0.1, 0.15) is 30.6 Å². The van der Waals surface area contributed by atoms with Crippen molar-refractivity contribution >= 4 is 0 Å². The Kier molecular flexibility index (Phi) is 4.58. The molecule has 0 fully saturated rings. The molecular weight excluding hydrogens is 240 g/mol. The second-order valence-corrected chi connectivity index (χ2v) is 4.61. The van der Waals surface area contributed by atoms with Crippen molar-refractivity contribution in [3.8, 4) is 5.75 Å². The molecule has 2 aromatic rings. The number of aliphatic hydroxyl groups is 1. The first kappa shape index (κ1) is 13.6. The predicted molar refractivity (Wildman–Crippen MR) is 74.1 cm³/mol. The first-order valence-electron chi connectivity index (χ1n) is 6.57. The van der Waals surface area contributed by atoms with Gasteiger partial charge in [0.25, 0.3) is 0 Å². The van der Waals surface area contributed by atoms with Crippen molar-refractivity contribution in [3.05, 3.63) is 47.8 Å². The van der Waals surface area contributed by atoms with Gasteiger partial charge in [0.05, 0.1) is 18.9 Å². The summed E-state index contributed by atoms with van der Waals surface area (Å²) in [7, 11) is 1.90. The third kappa shape index (κ3) is 3.83. The van der Waals surface area contributed by atoms with E-state index in [-0.39, 0.29) is 6.10 Å². The van der Waals surface area contributed by atoms with Crippen molar-refractivity contribution in [2.45, 2.75) is 25.9 Å². The van der Waals surface area contributed by atoms with Gasteiger partial charge in [0.2, 0.25) is 0 Å². The molecule has 0 bridgehead atoms. The number of ether oxygens (including phenoxy) is 1. The molecule has 0 amide bonds. The SMILES string of the molecule is CC[C@@H](O)c1ccc(OCCc2cnn(C)c2)cc1. The summed E-state index contributed by atoms with van der Waals surface area (Å²) in [5.41, 5.74) is 2.10. The van der Waals surface area contributed by atoms with E-state index in [2.05, 4.69) is 5.10 Å². The monoisotopic (exact) mass is 260 g/mol. The van der Waals surface area contributed by atoms with Crippen LogP contribution in [-0.2, 0) is 13.5 Å². The van der Waals surface area contributed by atoms with Gasteiger partial charge in [-0.15, -0.1) is 0 Å². The summed E-state index contributed by atoms with van der Waals surface area (Å²) in [4.78, 5) is 0. The van der Waals surface area contributed by atoms with Crippen LogP contribution in [0, 0.1) is 0 Å². The van der Waals surface area contributed by atoms with Crippen LogP contribution in [-0.4, -0.2) is 21.5 Å². The van der Waals surface area contributed by atoms with Gasteiger partial charge in [-0.05, 0) is 29.7 Å². The smallest absolute Gasteiger partial charge is 0.119 e. The van der Waals surface area contributed by atoms with Crippen molar-refractivity contribution in [1.29, 1.82) is 0 Å². The molecule has 2 rings (SSSR count). The molecule has 4 nitrogen and oxygen atoms in total. The standard InChI is InChI=1S/C15H20N2O2/c1-3-15(18)13-4-6-14(7-5-13)19-9-8-12-10-16-17(2)11-12/h4-7,10-11,15,18H,3,8-9H2,1-2H3/t15-/m1/s1. The van der Waals surface area contributed by atoms with Crippen LogP contribution in [0.3, 0.4) is 0 Å². The molecule has 0 aliphatic carbocycles. The van der Waals surface area contributed by atoms with E-state index in [0.717, 1.165) is 24.2 Å². The van der Waals surface area contributed by atoms with Crippen LogP contribution in [0.15, 0.2) is 36.7 Å². The van der Waals surface area contributed by atoms with E-state index in [9.17, 15) is 5.11 Å². The molecule has 0 saturated carbocycles. The third-order valence-electron chi connectivity index (χ3n) is 3.07. The number of rotatable bonds is 6. The maximum Gasteiger partial charge on any atom is 0.119 e. The van der Waals surface area contributed by atoms with Gasteiger partial charge in [0, 0.05) is 19.7 Å². The van der Waals surface area contributed by atoms with Gasteiger partial charge in [0.15, 0.2) is 0 Å². The average molecular weight is 260 g/mol. The van der Waals surface area contributed by atoms with Crippen LogP contribution in [0.4, 0.5) is 0 Å². The van der Waals surface area contributed by atoms with Gasteiger partial charge in [-0.1, -0.05) is 19.1 Å². The Labute approximate surface area is 113 Å². The zero-order valence-corrected chi connectivity index (χ0v) is 11.4. The Balaban J connectivity index is 1.83. The molecular formula is C15H20N2O2. The molecule has 102 valence electrons. The number of aliphatic hydroxyl groups excluding tert-OH is 1. The molecule has 0 aliphatic heterocycles. The number of aromatic nitrogens is 2. The quantitative estimate of drug-likeness (QED) is 0.868. The lowest BCUT2D eigenvalue weighted by Crippen LogP contribution is -2.01. The highest BCUT2D eigenvalue weighted by Gasteiger charge is 2.04. The fraction of sp³-hybridized carbons (Fsp3) is 0.400. The van der Waals surface area contributed by atoms with E-state index in [1.165, 1.54) is 5.56 Å². The van der Waals surface area contributed by atoms with E-state index in [1.807, 2.05) is 50.6 Å². The highest BCUT2D eigenvalue weighted by molar-refractivity contribution is 5.28. The maximum absolute atomic E-state index is 9.70. The van der Waals surface area contributed by atoms with Crippen molar-refractivity contribution in [2.24, 2.45) is 7.05 Å². The molecule has 1 aromatic heterocycles. The predicted octanol–water partition coefficient (Wildman–Crippen LogP) is 2.49. The van der Waals surface area contributed by atoms with Gasteiger partial charge < -0.3 is 9.84 Å². The lowest BCUT2D eigenvalue weighted by Gasteiger charge is -2.09. The maximum atomic E-state index is 9.70. The second kappa shape index (κ2) is 6.38. The Morgan fingerprint density at radius 3 is 2.63 bits per heavy atom. The summed E-state index contributed by atoms with van der Waals surface area (Å²) in [5.74, 6) is 0.830. The van der Waals surface area contributed by atoms with E-state index in [1.54, 1.807) is 4.68 Å². The first-order valence-corrected chi connectivity index (χ1v) is 6.57. The Morgan fingerprint density at radius 2 is 2.05 bits per heavy atom. The van der Waals surface area contributed by atoms with E-state index < -0.39 is 0 Å². The van der Waals surface area contributed by atoms with Crippen LogP contribution in [0.25, 0.3) is 0 Å². The summed E-state index contributed by atoms with van der Waals surface area (Å²) in [6, 6.07) is 7.62. The first-order chi connectivity index (χ1) is 9.19. The lowest BCUT2D eigenvalue weighted by molar-refractivity contribution is 0.173. The van der Waals surface area contributed by atoms with Crippen LogP contribution >= 0.6 is 0 Å². The number of benzene rings is 1. The Morgan fingerprint density at radius 1 is 1.32 bits per heavy atom. The fourth-order valence-corrected chi connectivity index (χ4v) is 1.91. The van der Waals surface area contributed by atoms with Gasteiger partial charge in [-0.3, -0.25) is 4.68 Å². The molecule has 1 aromatic carbocycles. The topological polar surface area (TPSA) is 47.3 Å². The summed E-state index contributed by atoms with van der Waals surface area (Å²) in [6.07, 6.45) is 5.02. The summed E-state index contributed by atoms with van der Waals surface area (Å²) in [6.45, 7) is 2.59. The third-order valence-corrected chi connectivity index (χ3v) is 3.07. The Bertz CT molecular complexity index is 505. The van der Waals surface area contributed by atoms with Gasteiger partial charge in [0.1, 0.15) is 5.75 Å². The zero-order chi connectivity index (χ0) is 13.7. The molecule has 1 atom stereocenters. The number of hydrogen-bond acceptors (Lipinski definition) is 3. The van der Waals surface area contributed by atoms with Gasteiger partial charge in [-0.25, -0.2) is 0 Å². The van der Waals surface area contributed by atoms with Gasteiger partial charge in [-0.2, -0.15) is 5.10 Å². The molecule has 1 N–H and O–H groups in total. The molecule has 4 heteroatoms. The molecule has 0 radical (unpaired) electrons. The number of aryl methyl sites for hydroxylation is 1. The lowest BCUT2D eigenvalue weighted by atomic mass is 10.1. The van der Waals surface area contributed by atoms with Crippen LogP contribution in [0.2, 0.25) is 0 Å². The van der Waals surface area contributed by atoms with E-state index >= 15 is 0 Å². The summed E-state index contributed by atoms with van der Waals surface area (Å²) in [5, 5.41) is 13.8. The van der Waals surface area contributed by atoms with Crippen LogP contribution in [0.5, 0.6) is 5.75 Å². The summed E-state index contributed by atoms with van der Waals surface area (Å²) >= 11 is 0. The normalized spacial score (nSPS) is 12.4. The number of hydrogen-bond donors (Lipinski definition) is 1.